The molecule has 0 unspecified atom stereocenters. The first-order valence-corrected chi connectivity index (χ1v) is 12.6. The number of nitrogens with one attached hydrogen (secondary N) is 1. The number of fused-ring (bicyclic) bond motifs is 1. The molecule has 1 aliphatic heterocycles. The van der Waals surface area contributed by atoms with E-state index < -0.39 is 6.09 Å². The second-order valence-electron chi connectivity index (χ2n) is 9.43. The predicted octanol–water partition coefficient (Wildman–Crippen LogP) is 4.49. The Morgan fingerprint density at radius 1 is 1.13 bits per heavy atom. The zero-order valence-corrected chi connectivity index (χ0v) is 21.8. The van der Waals surface area contributed by atoms with E-state index in [1.54, 1.807) is 46.0 Å². The molecule has 39 heavy (non-hydrogen) atoms. The summed E-state index contributed by atoms with van der Waals surface area (Å²) in [4.78, 5) is 37.8. The fourth-order valence-corrected chi connectivity index (χ4v) is 5.07. The number of nitrogens with zero attached hydrogens (tertiary/aromatic N) is 7. The summed E-state index contributed by atoms with van der Waals surface area (Å²) in [5, 5.41) is 17.4. The number of aryl methyl sites for hydroxylation is 2. The number of aromatic amines is 1. The molecule has 2 N–H and O–H groups in total. The van der Waals surface area contributed by atoms with Gasteiger partial charge in [0.25, 0.3) is 5.56 Å². The number of aromatic nitrogens is 7. The Bertz CT molecular complexity index is 1770. The Kier molecular flexibility index (Phi) is 5.99. The molecule has 1 aliphatic rings. The van der Waals surface area contributed by atoms with Gasteiger partial charge in [-0.25, -0.2) is 19.4 Å². The van der Waals surface area contributed by atoms with E-state index in [-0.39, 0.29) is 16.8 Å². The fourth-order valence-electron chi connectivity index (χ4n) is 4.95. The number of amides is 1. The third kappa shape index (κ3) is 4.46. The van der Waals surface area contributed by atoms with Gasteiger partial charge in [-0.05, 0) is 55.7 Å². The van der Waals surface area contributed by atoms with Crippen molar-refractivity contribution in [3.05, 3.63) is 93.6 Å². The van der Waals surface area contributed by atoms with Crippen LogP contribution in [0.4, 0.5) is 10.6 Å². The fraction of sp³-hybridized carbons (Fsp3) is 0.185. The minimum atomic E-state index is -1.09. The molecule has 5 aromatic rings. The molecule has 6 rings (SSSR count). The summed E-state index contributed by atoms with van der Waals surface area (Å²) in [6, 6.07) is 12.8. The first kappa shape index (κ1) is 24.6. The number of imidazole rings is 1. The molecule has 0 saturated heterocycles. The van der Waals surface area contributed by atoms with Crippen LogP contribution < -0.4 is 10.5 Å². The van der Waals surface area contributed by atoms with Gasteiger partial charge in [-0.3, -0.25) is 9.69 Å². The highest BCUT2D eigenvalue weighted by Crippen LogP contribution is 2.34. The van der Waals surface area contributed by atoms with Gasteiger partial charge in [0, 0.05) is 36.1 Å². The lowest BCUT2D eigenvalue weighted by atomic mass is 10.0. The van der Waals surface area contributed by atoms with Gasteiger partial charge in [0.05, 0.1) is 29.8 Å². The summed E-state index contributed by atoms with van der Waals surface area (Å²) in [6.45, 7) is 2.00. The molecule has 196 valence electrons. The van der Waals surface area contributed by atoms with Gasteiger partial charge < -0.3 is 14.7 Å². The largest absolute Gasteiger partial charge is 0.465 e. The van der Waals surface area contributed by atoms with Gasteiger partial charge in [0.1, 0.15) is 11.6 Å². The lowest BCUT2D eigenvalue weighted by Crippen LogP contribution is -2.24. The van der Waals surface area contributed by atoms with E-state index in [0.29, 0.717) is 11.6 Å². The van der Waals surface area contributed by atoms with Crippen LogP contribution in [-0.4, -0.2) is 52.8 Å². The van der Waals surface area contributed by atoms with Crippen molar-refractivity contribution in [3.63, 3.8) is 0 Å². The molecule has 12 heteroatoms. The second kappa shape index (κ2) is 9.52. The van der Waals surface area contributed by atoms with Crippen molar-refractivity contribution >= 4 is 23.5 Å². The molecule has 11 nitrogen and oxygen atoms in total. The highest BCUT2D eigenvalue weighted by molar-refractivity contribution is 6.29. The standard InChI is InChI=1S/C27H23ClN8O3/c1-15-3-6-21(35-14-23(28)32-33-35)19(9-15)17-10-18-5-7-22(36(18)25(37)11-17)26-30-13-20(31-26)16-4-8-24(29-12-16)34(2)27(38)39/h3-4,6,8-14,22H,5,7H2,1-2H3,(H,30,31)(H,38,39)/t22-/m0/s1. The Morgan fingerprint density at radius 2 is 1.97 bits per heavy atom. The molecular weight excluding hydrogens is 520 g/mol. The zero-order valence-electron chi connectivity index (χ0n) is 21.0. The summed E-state index contributed by atoms with van der Waals surface area (Å²) in [5.74, 6) is 1.00. The van der Waals surface area contributed by atoms with Gasteiger partial charge in [-0.1, -0.05) is 28.4 Å². The van der Waals surface area contributed by atoms with Crippen LogP contribution in [0.2, 0.25) is 5.15 Å². The van der Waals surface area contributed by atoms with E-state index in [9.17, 15) is 9.59 Å². The summed E-state index contributed by atoms with van der Waals surface area (Å²) >= 11 is 6.00. The molecule has 0 radical (unpaired) electrons. The predicted molar refractivity (Wildman–Crippen MR) is 146 cm³/mol. The quantitative estimate of drug-likeness (QED) is 0.334. The number of hydrogen-bond donors (Lipinski definition) is 2. The van der Waals surface area contributed by atoms with Crippen molar-refractivity contribution in [1.82, 2.24) is 34.5 Å². The van der Waals surface area contributed by atoms with Crippen LogP contribution in [0.5, 0.6) is 0 Å². The number of anilines is 1. The number of benzene rings is 1. The van der Waals surface area contributed by atoms with Crippen LogP contribution in [0.15, 0.2) is 65.8 Å². The number of pyridine rings is 2. The first-order valence-electron chi connectivity index (χ1n) is 12.2. The summed E-state index contributed by atoms with van der Waals surface area (Å²) in [5.41, 5.74) is 5.80. The third-order valence-electron chi connectivity index (χ3n) is 6.91. The maximum absolute atomic E-state index is 13.5. The molecule has 4 aromatic heterocycles. The Morgan fingerprint density at radius 3 is 2.69 bits per heavy atom. The third-order valence-corrected chi connectivity index (χ3v) is 7.08. The first-order chi connectivity index (χ1) is 18.8. The SMILES string of the molecule is Cc1ccc(-n2cc(Cl)nn2)c(-c2cc3n(c(=O)c2)[C@H](c2ncc(-c4ccc(N(C)C(=O)O)nc4)[nH]2)CC3)c1. The Balaban J connectivity index is 1.32. The number of carbonyl (C=O) groups is 1. The zero-order chi connectivity index (χ0) is 27.3. The molecule has 5 heterocycles. The van der Waals surface area contributed by atoms with E-state index in [0.717, 1.165) is 57.1 Å². The molecule has 1 atom stereocenters. The molecule has 0 fully saturated rings. The van der Waals surface area contributed by atoms with Crippen LogP contribution in [0.1, 0.15) is 29.5 Å². The summed E-state index contributed by atoms with van der Waals surface area (Å²) in [7, 11) is 1.43. The average molecular weight is 543 g/mol. The van der Waals surface area contributed by atoms with Crippen molar-refractivity contribution in [3.8, 4) is 28.1 Å². The van der Waals surface area contributed by atoms with Gasteiger partial charge in [-0.15, -0.1) is 5.10 Å². The number of rotatable bonds is 5. The monoisotopic (exact) mass is 542 g/mol. The highest BCUT2D eigenvalue weighted by Gasteiger charge is 2.28. The molecule has 0 aliphatic carbocycles. The van der Waals surface area contributed by atoms with Crippen molar-refractivity contribution < 1.29 is 9.90 Å². The van der Waals surface area contributed by atoms with Gasteiger partial charge in [-0.2, -0.15) is 0 Å². The lowest BCUT2D eigenvalue weighted by Gasteiger charge is -2.15. The average Bonchev–Trinajstić information content (AvgIpc) is 3.68. The summed E-state index contributed by atoms with van der Waals surface area (Å²) < 4.78 is 3.40. The van der Waals surface area contributed by atoms with Crippen molar-refractivity contribution in [2.24, 2.45) is 0 Å². The molecule has 0 saturated carbocycles. The second-order valence-corrected chi connectivity index (χ2v) is 9.82. The van der Waals surface area contributed by atoms with Crippen LogP contribution in [0.25, 0.3) is 28.1 Å². The number of halogens is 1. The van der Waals surface area contributed by atoms with Crippen LogP contribution >= 0.6 is 11.6 Å². The number of hydrogen-bond acceptors (Lipinski definition) is 6. The molecule has 1 amide bonds. The topological polar surface area (TPSA) is 135 Å². The van der Waals surface area contributed by atoms with Crippen LogP contribution in [0.3, 0.4) is 0 Å². The Hall–Kier alpha value is -4.77. The maximum Gasteiger partial charge on any atom is 0.412 e. The number of H-pyrrole nitrogens is 1. The van der Waals surface area contributed by atoms with E-state index in [4.69, 9.17) is 16.7 Å². The maximum atomic E-state index is 13.5. The smallest absolute Gasteiger partial charge is 0.412 e. The van der Waals surface area contributed by atoms with Gasteiger partial charge >= 0.3 is 6.09 Å². The van der Waals surface area contributed by atoms with Crippen LogP contribution in [0, 0.1) is 6.92 Å². The highest BCUT2D eigenvalue weighted by atomic mass is 35.5. The van der Waals surface area contributed by atoms with Crippen molar-refractivity contribution in [2.45, 2.75) is 25.8 Å². The van der Waals surface area contributed by atoms with Gasteiger partial charge in [0.15, 0.2) is 5.15 Å². The van der Waals surface area contributed by atoms with Crippen LogP contribution in [-0.2, 0) is 6.42 Å². The summed E-state index contributed by atoms with van der Waals surface area (Å²) in [6.07, 6.45) is 5.28. The minimum absolute atomic E-state index is 0.116. The number of carboxylic acid groups (broad SMARTS) is 1. The van der Waals surface area contributed by atoms with Crippen molar-refractivity contribution in [1.29, 1.82) is 0 Å². The van der Waals surface area contributed by atoms with E-state index in [1.807, 2.05) is 31.2 Å². The van der Waals surface area contributed by atoms with Gasteiger partial charge in [0.2, 0.25) is 0 Å². The molecule has 1 aromatic carbocycles. The van der Waals surface area contributed by atoms with Crippen molar-refractivity contribution in [2.75, 3.05) is 11.9 Å². The van der Waals surface area contributed by atoms with E-state index >= 15 is 0 Å². The van der Waals surface area contributed by atoms with E-state index in [1.165, 1.54) is 7.05 Å². The minimum Gasteiger partial charge on any atom is -0.465 e. The lowest BCUT2D eigenvalue weighted by molar-refractivity contribution is 0.203. The molecule has 0 bridgehead atoms. The normalized spacial score (nSPS) is 14.4. The van der Waals surface area contributed by atoms with E-state index in [2.05, 4.69) is 25.3 Å². The molecular formula is C27H23ClN8O3. The molecule has 0 spiro atoms. The Labute approximate surface area is 227 Å².